The van der Waals surface area contributed by atoms with Crippen molar-refractivity contribution in [3.63, 3.8) is 0 Å². The molecule has 0 saturated carbocycles. The Morgan fingerprint density at radius 3 is 2.86 bits per heavy atom. The Morgan fingerprint density at radius 1 is 1.33 bits per heavy atom. The molecule has 1 fully saturated rings. The molecule has 2 N–H and O–H groups in total. The zero-order valence-electron chi connectivity index (χ0n) is 11.2. The van der Waals surface area contributed by atoms with E-state index in [0.29, 0.717) is 16.8 Å². The third-order valence-corrected chi connectivity index (χ3v) is 3.76. The molecule has 0 radical (unpaired) electrons. The van der Waals surface area contributed by atoms with E-state index in [1.807, 2.05) is 4.90 Å². The molecule has 2 aromatic rings. The van der Waals surface area contributed by atoms with Crippen molar-refractivity contribution in [3.8, 4) is 11.6 Å². The number of nitrogens with zero attached hydrogens (tertiary/aromatic N) is 3. The van der Waals surface area contributed by atoms with Gasteiger partial charge in [-0.1, -0.05) is 15.9 Å². The summed E-state index contributed by atoms with van der Waals surface area (Å²) in [5, 5.41) is 0. The molecule has 1 aromatic heterocycles. The van der Waals surface area contributed by atoms with Gasteiger partial charge in [-0.15, -0.1) is 0 Å². The summed E-state index contributed by atoms with van der Waals surface area (Å²) in [4.78, 5) is 10.5. The van der Waals surface area contributed by atoms with Gasteiger partial charge in [0.25, 0.3) is 5.88 Å². The van der Waals surface area contributed by atoms with Crippen LogP contribution in [-0.4, -0.2) is 29.1 Å². The first-order chi connectivity index (χ1) is 10.1. The predicted molar refractivity (Wildman–Crippen MR) is 81.0 cm³/mol. The van der Waals surface area contributed by atoms with Gasteiger partial charge in [0.05, 0.1) is 0 Å². The van der Waals surface area contributed by atoms with Crippen LogP contribution >= 0.6 is 15.9 Å². The largest absolute Gasteiger partial charge is 0.433 e. The van der Waals surface area contributed by atoms with Crippen LogP contribution in [-0.2, 0) is 0 Å². The van der Waals surface area contributed by atoms with Crippen LogP contribution in [0.3, 0.4) is 0 Å². The molecule has 110 valence electrons. The molecule has 1 aliphatic heterocycles. The molecule has 1 aromatic carbocycles. The fourth-order valence-electron chi connectivity index (χ4n) is 2.25. The summed E-state index contributed by atoms with van der Waals surface area (Å²) < 4.78 is 20.1. The van der Waals surface area contributed by atoms with Gasteiger partial charge in [-0.2, -0.15) is 0 Å². The average Bonchev–Trinajstić information content (AvgIpc) is 2.89. The van der Waals surface area contributed by atoms with Crippen LogP contribution in [0.1, 0.15) is 6.42 Å². The van der Waals surface area contributed by atoms with Crippen molar-refractivity contribution >= 4 is 21.7 Å². The van der Waals surface area contributed by atoms with E-state index in [1.54, 1.807) is 18.3 Å². The molecule has 1 unspecified atom stereocenters. The lowest BCUT2D eigenvalue weighted by Crippen LogP contribution is -2.27. The first kappa shape index (κ1) is 14.2. The Morgan fingerprint density at radius 2 is 2.14 bits per heavy atom. The highest BCUT2D eigenvalue weighted by atomic mass is 79.9. The topological polar surface area (TPSA) is 64.3 Å². The molecule has 2 heterocycles. The zero-order valence-corrected chi connectivity index (χ0v) is 12.8. The number of aromatic nitrogens is 2. The molecule has 0 amide bonds. The smallest absolute Gasteiger partial charge is 0.263 e. The van der Waals surface area contributed by atoms with Crippen molar-refractivity contribution in [2.24, 2.45) is 5.73 Å². The van der Waals surface area contributed by atoms with Gasteiger partial charge in [0.15, 0.2) is 17.4 Å². The number of benzene rings is 1. The fourth-order valence-corrected chi connectivity index (χ4v) is 2.58. The van der Waals surface area contributed by atoms with E-state index in [1.165, 1.54) is 12.3 Å². The van der Waals surface area contributed by atoms with E-state index in [9.17, 15) is 4.39 Å². The summed E-state index contributed by atoms with van der Waals surface area (Å²) in [5.41, 5.74) is 5.91. The number of nitrogens with two attached hydrogens (primary N) is 1. The lowest BCUT2D eigenvalue weighted by Gasteiger charge is -2.19. The van der Waals surface area contributed by atoms with Crippen molar-refractivity contribution in [3.05, 3.63) is 40.9 Å². The van der Waals surface area contributed by atoms with Gasteiger partial charge in [0.1, 0.15) is 0 Å². The molecule has 0 bridgehead atoms. The van der Waals surface area contributed by atoms with Crippen LogP contribution < -0.4 is 15.4 Å². The summed E-state index contributed by atoms with van der Waals surface area (Å²) in [7, 11) is 0. The first-order valence-corrected chi connectivity index (χ1v) is 7.37. The maximum absolute atomic E-state index is 13.9. The standard InChI is InChI=1S/C14H14BrFN4O/c15-9-1-2-12(11(16)7-9)21-14-13(18-4-5-19-14)20-6-3-10(17)8-20/h1-2,4-5,7,10H,3,6,8,17H2. The maximum atomic E-state index is 13.9. The minimum atomic E-state index is -0.459. The minimum absolute atomic E-state index is 0.114. The molecule has 7 heteroatoms. The van der Waals surface area contributed by atoms with E-state index >= 15 is 0 Å². The van der Waals surface area contributed by atoms with E-state index in [2.05, 4.69) is 25.9 Å². The van der Waals surface area contributed by atoms with Crippen LogP contribution in [0.2, 0.25) is 0 Å². The Bertz CT molecular complexity index is 655. The number of hydrogen-bond acceptors (Lipinski definition) is 5. The monoisotopic (exact) mass is 352 g/mol. The van der Waals surface area contributed by atoms with Crippen molar-refractivity contribution < 1.29 is 9.13 Å². The summed E-state index contributed by atoms with van der Waals surface area (Å²) >= 11 is 3.21. The Kier molecular flexibility index (Phi) is 4.03. The SMILES string of the molecule is NC1CCN(c2nccnc2Oc2ccc(Br)cc2F)C1. The molecular weight excluding hydrogens is 339 g/mol. The molecule has 1 atom stereocenters. The highest BCUT2D eigenvalue weighted by Crippen LogP contribution is 2.32. The molecular formula is C14H14BrFN4O. The molecule has 0 spiro atoms. The van der Waals surface area contributed by atoms with Gasteiger partial charge in [-0.05, 0) is 24.6 Å². The third kappa shape index (κ3) is 3.14. The Balaban J connectivity index is 1.88. The zero-order chi connectivity index (χ0) is 14.8. The maximum Gasteiger partial charge on any atom is 0.263 e. The second-order valence-corrected chi connectivity index (χ2v) is 5.77. The van der Waals surface area contributed by atoms with Gasteiger partial charge < -0.3 is 15.4 Å². The Labute approximate surface area is 130 Å². The number of anilines is 1. The predicted octanol–water partition coefficient (Wildman–Crippen LogP) is 2.71. The highest BCUT2D eigenvalue weighted by Gasteiger charge is 2.24. The molecule has 21 heavy (non-hydrogen) atoms. The van der Waals surface area contributed by atoms with E-state index in [-0.39, 0.29) is 17.7 Å². The molecule has 1 saturated heterocycles. The summed E-state index contributed by atoms with van der Waals surface area (Å²) in [6.45, 7) is 1.48. The van der Waals surface area contributed by atoms with Crippen molar-refractivity contribution in [1.29, 1.82) is 0 Å². The lowest BCUT2D eigenvalue weighted by molar-refractivity contribution is 0.425. The quantitative estimate of drug-likeness (QED) is 0.919. The van der Waals surface area contributed by atoms with Crippen LogP contribution in [0.4, 0.5) is 10.2 Å². The third-order valence-electron chi connectivity index (χ3n) is 3.27. The molecule has 5 nitrogen and oxygen atoms in total. The van der Waals surface area contributed by atoms with Crippen molar-refractivity contribution in [2.75, 3.05) is 18.0 Å². The summed E-state index contributed by atoms with van der Waals surface area (Å²) in [6.07, 6.45) is 4.00. The average molecular weight is 353 g/mol. The van der Waals surface area contributed by atoms with Crippen LogP contribution in [0, 0.1) is 5.82 Å². The van der Waals surface area contributed by atoms with Gasteiger partial charge in [-0.3, -0.25) is 0 Å². The van der Waals surface area contributed by atoms with Crippen molar-refractivity contribution in [1.82, 2.24) is 9.97 Å². The van der Waals surface area contributed by atoms with E-state index in [4.69, 9.17) is 10.5 Å². The van der Waals surface area contributed by atoms with Crippen LogP contribution in [0.15, 0.2) is 35.1 Å². The lowest BCUT2D eigenvalue weighted by atomic mass is 10.3. The molecule has 3 rings (SSSR count). The number of rotatable bonds is 3. The Hall–Kier alpha value is -1.73. The summed E-state index contributed by atoms with van der Waals surface area (Å²) in [6, 6.07) is 4.72. The van der Waals surface area contributed by atoms with Crippen LogP contribution in [0.5, 0.6) is 11.6 Å². The van der Waals surface area contributed by atoms with Gasteiger partial charge in [0, 0.05) is 36.0 Å². The van der Waals surface area contributed by atoms with Gasteiger partial charge in [-0.25, -0.2) is 14.4 Å². The van der Waals surface area contributed by atoms with Gasteiger partial charge >= 0.3 is 0 Å². The minimum Gasteiger partial charge on any atom is -0.433 e. The normalized spacial score (nSPS) is 18.0. The second kappa shape index (κ2) is 5.95. The fraction of sp³-hybridized carbons (Fsp3) is 0.286. The number of ether oxygens (including phenoxy) is 1. The highest BCUT2D eigenvalue weighted by molar-refractivity contribution is 9.10. The van der Waals surface area contributed by atoms with E-state index in [0.717, 1.165) is 13.0 Å². The second-order valence-electron chi connectivity index (χ2n) is 4.86. The summed E-state index contributed by atoms with van der Waals surface area (Å²) in [5.74, 6) is 0.531. The van der Waals surface area contributed by atoms with Crippen LogP contribution in [0.25, 0.3) is 0 Å². The number of hydrogen-bond donors (Lipinski definition) is 1. The van der Waals surface area contributed by atoms with E-state index < -0.39 is 5.82 Å². The van der Waals surface area contributed by atoms with Gasteiger partial charge in [0.2, 0.25) is 0 Å². The molecule has 1 aliphatic rings. The first-order valence-electron chi connectivity index (χ1n) is 6.58. The number of halogens is 2. The molecule has 0 aliphatic carbocycles. The van der Waals surface area contributed by atoms with Crippen molar-refractivity contribution in [2.45, 2.75) is 12.5 Å².